The molecule has 0 saturated heterocycles. The van der Waals surface area contributed by atoms with Gasteiger partial charge in [0, 0.05) is 11.6 Å². The molecule has 1 atom stereocenters. The first-order valence-electron chi connectivity index (χ1n) is 7.17. The van der Waals surface area contributed by atoms with Gasteiger partial charge in [0.05, 0.1) is 0 Å². The van der Waals surface area contributed by atoms with Gasteiger partial charge in [0.2, 0.25) is 0 Å². The maximum atomic E-state index is 6.17. The van der Waals surface area contributed by atoms with Crippen LogP contribution in [0.4, 0.5) is 0 Å². The van der Waals surface area contributed by atoms with Crippen molar-refractivity contribution < 1.29 is 4.74 Å². The van der Waals surface area contributed by atoms with E-state index >= 15 is 0 Å². The summed E-state index contributed by atoms with van der Waals surface area (Å²) in [5, 5.41) is 3.34. The Morgan fingerprint density at radius 1 is 1.00 bits per heavy atom. The molecule has 1 unspecified atom stereocenters. The van der Waals surface area contributed by atoms with E-state index in [1.165, 1.54) is 16.7 Å². The fourth-order valence-electron chi connectivity index (χ4n) is 2.39. The van der Waals surface area contributed by atoms with Crippen LogP contribution in [0.2, 0.25) is 0 Å². The molecule has 106 valence electrons. The van der Waals surface area contributed by atoms with Gasteiger partial charge in [0.25, 0.3) is 0 Å². The Morgan fingerprint density at radius 2 is 1.70 bits per heavy atom. The molecule has 0 heterocycles. The number of hydrogen-bond donors (Lipinski definition) is 1. The zero-order chi connectivity index (χ0) is 14.5. The Morgan fingerprint density at radius 3 is 2.40 bits per heavy atom. The Labute approximate surface area is 121 Å². The molecule has 1 N–H and O–H groups in total. The minimum Gasteiger partial charge on any atom is -0.457 e. The number of nitrogens with one attached hydrogen (secondary N) is 1. The van der Waals surface area contributed by atoms with Gasteiger partial charge in [-0.05, 0) is 50.6 Å². The number of para-hydroxylation sites is 1. The van der Waals surface area contributed by atoms with Gasteiger partial charge in [-0.3, -0.25) is 0 Å². The van der Waals surface area contributed by atoms with Gasteiger partial charge >= 0.3 is 0 Å². The van der Waals surface area contributed by atoms with Crippen molar-refractivity contribution in [2.75, 3.05) is 7.05 Å². The van der Waals surface area contributed by atoms with Gasteiger partial charge in [-0.15, -0.1) is 0 Å². The van der Waals surface area contributed by atoms with E-state index in [4.69, 9.17) is 4.74 Å². The molecule has 0 radical (unpaired) electrons. The summed E-state index contributed by atoms with van der Waals surface area (Å²) in [4.78, 5) is 0. The molecule has 0 aliphatic carbocycles. The number of benzene rings is 2. The van der Waals surface area contributed by atoms with Crippen LogP contribution in [0, 0.1) is 13.8 Å². The third-order valence-electron chi connectivity index (χ3n) is 3.83. The van der Waals surface area contributed by atoms with Crippen LogP contribution >= 0.6 is 0 Å². The number of rotatable bonds is 5. The molecule has 0 aromatic heterocycles. The van der Waals surface area contributed by atoms with E-state index < -0.39 is 0 Å². The summed E-state index contributed by atoms with van der Waals surface area (Å²) in [5.74, 6) is 1.87. The zero-order valence-electron chi connectivity index (χ0n) is 12.7. The maximum Gasteiger partial charge on any atom is 0.132 e. The van der Waals surface area contributed by atoms with Crippen molar-refractivity contribution in [1.82, 2.24) is 5.32 Å². The fourth-order valence-corrected chi connectivity index (χ4v) is 2.39. The highest BCUT2D eigenvalue weighted by atomic mass is 16.5. The summed E-state index contributed by atoms with van der Waals surface area (Å²) in [7, 11) is 1.99. The van der Waals surface area contributed by atoms with Crippen LogP contribution < -0.4 is 10.1 Å². The van der Waals surface area contributed by atoms with Gasteiger partial charge in [-0.2, -0.15) is 0 Å². The summed E-state index contributed by atoms with van der Waals surface area (Å²) in [6.07, 6.45) is 1.03. The maximum absolute atomic E-state index is 6.17. The first kappa shape index (κ1) is 14.6. The predicted molar refractivity (Wildman–Crippen MR) is 84.5 cm³/mol. The molecule has 2 aromatic rings. The second-order valence-corrected chi connectivity index (χ2v) is 5.09. The molecule has 2 heteroatoms. The average Bonchev–Trinajstić information content (AvgIpc) is 2.47. The minimum absolute atomic E-state index is 0.316. The monoisotopic (exact) mass is 269 g/mol. The van der Waals surface area contributed by atoms with Crippen molar-refractivity contribution in [1.29, 1.82) is 0 Å². The third kappa shape index (κ3) is 3.02. The molecular weight excluding hydrogens is 246 g/mol. The second-order valence-electron chi connectivity index (χ2n) is 5.09. The average molecular weight is 269 g/mol. The summed E-state index contributed by atoms with van der Waals surface area (Å²) in [6.45, 7) is 6.38. The first-order chi connectivity index (χ1) is 9.67. The Hall–Kier alpha value is -1.80. The first-order valence-corrected chi connectivity index (χ1v) is 7.17. The standard InChI is InChI=1S/C18H23NO/c1-5-16(19-4)15-10-6-7-11-18(15)20-17-12-8-9-13(2)14(17)3/h6-12,16,19H,5H2,1-4H3. The van der Waals surface area contributed by atoms with Gasteiger partial charge in [0.15, 0.2) is 0 Å². The Bertz CT molecular complexity index is 573. The van der Waals surface area contributed by atoms with Crippen molar-refractivity contribution in [3.05, 3.63) is 59.2 Å². The van der Waals surface area contributed by atoms with Crippen molar-refractivity contribution in [2.24, 2.45) is 0 Å². The van der Waals surface area contributed by atoms with Crippen LogP contribution in [0.15, 0.2) is 42.5 Å². The van der Waals surface area contributed by atoms with E-state index in [1.54, 1.807) is 0 Å². The smallest absolute Gasteiger partial charge is 0.132 e. The lowest BCUT2D eigenvalue weighted by Gasteiger charge is -2.19. The lowest BCUT2D eigenvalue weighted by atomic mass is 10.0. The Kier molecular flexibility index (Phi) is 4.80. The quantitative estimate of drug-likeness (QED) is 0.844. The van der Waals surface area contributed by atoms with Crippen LogP contribution in [-0.2, 0) is 0 Å². The number of aryl methyl sites for hydroxylation is 1. The molecule has 0 saturated carbocycles. The number of ether oxygens (including phenoxy) is 1. The van der Waals surface area contributed by atoms with Crippen LogP contribution in [0.25, 0.3) is 0 Å². The molecular formula is C18H23NO. The molecule has 0 aliphatic rings. The summed E-state index contributed by atoms with van der Waals surface area (Å²) in [6, 6.07) is 14.7. The van der Waals surface area contributed by atoms with E-state index in [9.17, 15) is 0 Å². The van der Waals surface area contributed by atoms with E-state index in [2.05, 4.69) is 44.3 Å². The van der Waals surface area contributed by atoms with Crippen LogP contribution in [0.5, 0.6) is 11.5 Å². The summed E-state index contributed by atoms with van der Waals surface area (Å²) in [5.41, 5.74) is 3.65. The van der Waals surface area contributed by atoms with Gasteiger partial charge in [-0.1, -0.05) is 37.3 Å². The second kappa shape index (κ2) is 6.58. The molecule has 0 amide bonds. The van der Waals surface area contributed by atoms with Crippen molar-refractivity contribution >= 4 is 0 Å². The summed E-state index contributed by atoms with van der Waals surface area (Å²) < 4.78 is 6.17. The highest BCUT2D eigenvalue weighted by Gasteiger charge is 2.13. The van der Waals surface area contributed by atoms with E-state index in [-0.39, 0.29) is 0 Å². The van der Waals surface area contributed by atoms with Crippen molar-refractivity contribution in [2.45, 2.75) is 33.2 Å². The van der Waals surface area contributed by atoms with Crippen molar-refractivity contribution in [3.8, 4) is 11.5 Å². The van der Waals surface area contributed by atoms with Crippen LogP contribution in [0.1, 0.15) is 36.1 Å². The van der Waals surface area contributed by atoms with Gasteiger partial charge < -0.3 is 10.1 Å². The van der Waals surface area contributed by atoms with E-state index in [0.29, 0.717) is 6.04 Å². The zero-order valence-corrected chi connectivity index (χ0v) is 12.7. The Balaban J connectivity index is 2.36. The molecule has 2 aromatic carbocycles. The van der Waals surface area contributed by atoms with Crippen LogP contribution in [-0.4, -0.2) is 7.05 Å². The predicted octanol–water partition coefficient (Wildman–Crippen LogP) is 4.77. The topological polar surface area (TPSA) is 21.3 Å². The van der Waals surface area contributed by atoms with Crippen LogP contribution in [0.3, 0.4) is 0 Å². The largest absolute Gasteiger partial charge is 0.457 e. The van der Waals surface area contributed by atoms with Gasteiger partial charge in [0.1, 0.15) is 11.5 Å². The molecule has 0 aliphatic heterocycles. The molecule has 0 bridgehead atoms. The highest BCUT2D eigenvalue weighted by molar-refractivity contribution is 5.44. The molecule has 0 spiro atoms. The van der Waals surface area contributed by atoms with E-state index in [1.807, 2.05) is 31.3 Å². The lowest BCUT2D eigenvalue weighted by molar-refractivity contribution is 0.455. The molecule has 2 nitrogen and oxygen atoms in total. The normalized spacial score (nSPS) is 12.2. The van der Waals surface area contributed by atoms with E-state index in [0.717, 1.165) is 17.9 Å². The summed E-state index contributed by atoms with van der Waals surface area (Å²) >= 11 is 0. The lowest BCUT2D eigenvalue weighted by Crippen LogP contribution is -2.15. The molecule has 0 fully saturated rings. The van der Waals surface area contributed by atoms with Gasteiger partial charge in [-0.25, -0.2) is 0 Å². The highest BCUT2D eigenvalue weighted by Crippen LogP contribution is 2.32. The van der Waals surface area contributed by atoms with Crippen molar-refractivity contribution in [3.63, 3.8) is 0 Å². The molecule has 20 heavy (non-hydrogen) atoms. The number of hydrogen-bond acceptors (Lipinski definition) is 2. The fraction of sp³-hybridized carbons (Fsp3) is 0.333. The third-order valence-corrected chi connectivity index (χ3v) is 3.83. The SMILES string of the molecule is CCC(NC)c1ccccc1Oc1cccc(C)c1C. The minimum atomic E-state index is 0.316. The molecule has 2 rings (SSSR count).